The summed E-state index contributed by atoms with van der Waals surface area (Å²) in [5.74, 6) is 0. The third-order valence-electron chi connectivity index (χ3n) is 4.50. The predicted molar refractivity (Wildman–Crippen MR) is 95.4 cm³/mol. The minimum Gasteiger partial charge on any atom is -0.360 e. The molecule has 0 fully saturated rings. The average Bonchev–Trinajstić information content (AvgIpc) is 3.00. The van der Waals surface area contributed by atoms with Crippen LogP contribution in [0.3, 0.4) is 0 Å². The second-order valence-corrected chi connectivity index (χ2v) is 6.36. The highest BCUT2D eigenvalue weighted by atomic mass is 14.8. The van der Waals surface area contributed by atoms with Crippen LogP contribution < -0.4 is 0 Å². The van der Waals surface area contributed by atoms with Crippen LogP contribution in [-0.2, 0) is 6.42 Å². The molecule has 0 saturated heterocycles. The van der Waals surface area contributed by atoms with Gasteiger partial charge in [-0.1, -0.05) is 51.2 Å². The number of hydrogen-bond donors (Lipinski definition) is 1. The van der Waals surface area contributed by atoms with Gasteiger partial charge in [0.15, 0.2) is 0 Å². The summed E-state index contributed by atoms with van der Waals surface area (Å²) in [5.41, 5.74) is 4.87. The fourth-order valence-electron chi connectivity index (χ4n) is 3.25. The van der Waals surface area contributed by atoms with Gasteiger partial charge in [-0.05, 0) is 37.5 Å². The number of nitrogens with one attached hydrogen (secondary N) is 1. The molecule has 3 aromatic rings. The quantitative estimate of drug-likeness (QED) is 0.538. The van der Waals surface area contributed by atoms with E-state index in [1.54, 1.807) is 0 Å². The lowest BCUT2D eigenvalue weighted by molar-refractivity contribution is 0.606. The number of aromatic amines is 1. The summed E-state index contributed by atoms with van der Waals surface area (Å²) >= 11 is 0. The van der Waals surface area contributed by atoms with Crippen molar-refractivity contribution in [3.05, 3.63) is 41.7 Å². The second-order valence-electron chi connectivity index (χ2n) is 6.36. The molecular weight excluding hydrogens is 268 g/mol. The zero-order valence-corrected chi connectivity index (χ0v) is 13.8. The van der Waals surface area contributed by atoms with E-state index in [9.17, 15) is 0 Å². The first-order valence-electron chi connectivity index (χ1n) is 8.66. The van der Waals surface area contributed by atoms with Crippen molar-refractivity contribution in [2.45, 2.75) is 58.8 Å². The van der Waals surface area contributed by atoms with Gasteiger partial charge in [0, 0.05) is 17.0 Å². The molecule has 0 unspecified atom stereocenters. The molecule has 1 aromatic carbocycles. The largest absolute Gasteiger partial charge is 0.360 e. The minimum absolute atomic E-state index is 1.08. The SMILES string of the molecule is CCCCCCCCc1nc2cc(C)ccc2c2cc[nH]c12. The molecule has 2 heterocycles. The van der Waals surface area contributed by atoms with Crippen molar-refractivity contribution in [2.75, 3.05) is 0 Å². The molecule has 0 aliphatic heterocycles. The van der Waals surface area contributed by atoms with Crippen molar-refractivity contribution in [3.63, 3.8) is 0 Å². The Morgan fingerprint density at radius 1 is 0.955 bits per heavy atom. The summed E-state index contributed by atoms with van der Waals surface area (Å²) in [6.45, 7) is 4.40. The summed E-state index contributed by atoms with van der Waals surface area (Å²) < 4.78 is 0. The highest BCUT2D eigenvalue weighted by molar-refractivity contribution is 6.05. The normalized spacial score (nSPS) is 11.5. The van der Waals surface area contributed by atoms with Crippen molar-refractivity contribution in [1.29, 1.82) is 0 Å². The number of nitrogens with zero attached hydrogens (tertiary/aromatic N) is 1. The van der Waals surface area contributed by atoms with Gasteiger partial charge in [0.25, 0.3) is 0 Å². The number of H-pyrrole nitrogens is 1. The van der Waals surface area contributed by atoms with Crippen molar-refractivity contribution < 1.29 is 0 Å². The van der Waals surface area contributed by atoms with E-state index in [-0.39, 0.29) is 0 Å². The zero-order valence-electron chi connectivity index (χ0n) is 13.8. The standard InChI is InChI=1S/C20H26N2/c1-3-4-5-6-7-8-9-18-20-17(12-13-21-20)16-11-10-15(2)14-19(16)22-18/h10-14,21H,3-9H2,1-2H3. The van der Waals surface area contributed by atoms with Crippen molar-refractivity contribution in [3.8, 4) is 0 Å². The molecule has 116 valence electrons. The van der Waals surface area contributed by atoms with Gasteiger partial charge in [-0.3, -0.25) is 4.98 Å². The Kier molecular flexibility index (Phi) is 4.77. The fraction of sp³-hybridized carbons (Fsp3) is 0.450. The van der Waals surface area contributed by atoms with E-state index in [1.807, 2.05) is 6.20 Å². The van der Waals surface area contributed by atoms with Crippen molar-refractivity contribution in [1.82, 2.24) is 9.97 Å². The molecule has 0 aliphatic carbocycles. The van der Waals surface area contributed by atoms with E-state index in [4.69, 9.17) is 4.98 Å². The van der Waals surface area contributed by atoms with Crippen LogP contribution in [0.2, 0.25) is 0 Å². The van der Waals surface area contributed by atoms with E-state index >= 15 is 0 Å². The second kappa shape index (κ2) is 6.95. The summed E-state index contributed by atoms with van der Waals surface area (Å²) in [7, 11) is 0. The lowest BCUT2D eigenvalue weighted by Crippen LogP contribution is -1.94. The highest BCUT2D eigenvalue weighted by Crippen LogP contribution is 2.27. The van der Waals surface area contributed by atoms with E-state index in [0.717, 1.165) is 11.9 Å². The number of pyridine rings is 1. The van der Waals surface area contributed by atoms with Crippen LogP contribution in [0.25, 0.3) is 21.8 Å². The maximum Gasteiger partial charge on any atom is 0.0715 e. The number of aryl methyl sites for hydroxylation is 2. The summed E-state index contributed by atoms with van der Waals surface area (Å²) in [4.78, 5) is 8.33. The molecule has 3 rings (SSSR count). The van der Waals surface area contributed by atoms with E-state index in [1.165, 1.54) is 66.1 Å². The molecular formula is C20H26N2. The molecule has 2 aromatic heterocycles. The average molecular weight is 294 g/mol. The molecule has 0 amide bonds. The minimum atomic E-state index is 1.08. The van der Waals surface area contributed by atoms with Gasteiger partial charge in [-0.15, -0.1) is 0 Å². The van der Waals surface area contributed by atoms with Crippen LogP contribution in [-0.4, -0.2) is 9.97 Å². The first-order valence-corrected chi connectivity index (χ1v) is 8.66. The zero-order chi connectivity index (χ0) is 15.4. The summed E-state index contributed by atoms with van der Waals surface area (Å²) in [6.07, 6.45) is 11.1. The Bertz CT molecular complexity index is 755. The van der Waals surface area contributed by atoms with Gasteiger partial charge in [-0.25, -0.2) is 0 Å². The number of rotatable bonds is 7. The number of fused-ring (bicyclic) bond motifs is 3. The third kappa shape index (κ3) is 3.16. The van der Waals surface area contributed by atoms with Crippen LogP contribution >= 0.6 is 0 Å². The fourth-order valence-corrected chi connectivity index (χ4v) is 3.25. The molecule has 0 spiro atoms. The molecule has 2 nitrogen and oxygen atoms in total. The Labute approximate surface area is 133 Å². The van der Waals surface area contributed by atoms with Gasteiger partial charge in [0.05, 0.1) is 16.7 Å². The van der Waals surface area contributed by atoms with E-state index in [0.29, 0.717) is 0 Å². The number of hydrogen-bond acceptors (Lipinski definition) is 1. The lowest BCUT2D eigenvalue weighted by Gasteiger charge is -2.07. The van der Waals surface area contributed by atoms with Gasteiger partial charge in [0.1, 0.15) is 0 Å². The van der Waals surface area contributed by atoms with Crippen LogP contribution in [0.5, 0.6) is 0 Å². The molecule has 0 aliphatic rings. The van der Waals surface area contributed by atoms with E-state index < -0.39 is 0 Å². The first kappa shape index (κ1) is 15.1. The van der Waals surface area contributed by atoms with Crippen LogP contribution in [0.1, 0.15) is 56.7 Å². The summed E-state index contributed by atoms with van der Waals surface area (Å²) in [5, 5.41) is 2.57. The molecule has 0 radical (unpaired) electrons. The number of aromatic nitrogens is 2. The maximum absolute atomic E-state index is 4.94. The smallest absolute Gasteiger partial charge is 0.0715 e. The number of benzene rings is 1. The predicted octanol–water partition coefficient (Wildman–Crippen LogP) is 5.93. The van der Waals surface area contributed by atoms with Crippen molar-refractivity contribution >= 4 is 21.8 Å². The van der Waals surface area contributed by atoms with E-state index in [2.05, 4.69) is 43.1 Å². The Balaban J connectivity index is 1.80. The van der Waals surface area contributed by atoms with Gasteiger partial charge in [0.2, 0.25) is 0 Å². The van der Waals surface area contributed by atoms with Gasteiger partial charge < -0.3 is 4.98 Å². The Morgan fingerprint density at radius 3 is 2.64 bits per heavy atom. The third-order valence-corrected chi connectivity index (χ3v) is 4.50. The van der Waals surface area contributed by atoms with Crippen LogP contribution in [0.15, 0.2) is 30.5 Å². The summed E-state index contributed by atoms with van der Waals surface area (Å²) in [6, 6.07) is 8.75. The monoisotopic (exact) mass is 294 g/mol. The molecule has 2 heteroatoms. The van der Waals surface area contributed by atoms with Gasteiger partial charge >= 0.3 is 0 Å². The highest BCUT2D eigenvalue weighted by Gasteiger charge is 2.09. The Morgan fingerprint density at radius 2 is 1.77 bits per heavy atom. The first-order chi connectivity index (χ1) is 10.8. The molecule has 0 bridgehead atoms. The van der Waals surface area contributed by atoms with Gasteiger partial charge in [-0.2, -0.15) is 0 Å². The molecule has 22 heavy (non-hydrogen) atoms. The van der Waals surface area contributed by atoms with Crippen LogP contribution in [0, 0.1) is 6.92 Å². The molecule has 0 saturated carbocycles. The Hall–Kier alpha value is -1.83. The topological polar surface area (TPSA) is 28.7 Å². The lowest BCUT2D eigenvalue weighted by atomic mass is 10.0. The molecule has 1 N–H and O–H groups in total. The van der Waals surface area contributed by atoms with Crippen LogP contribution in [0.4, 0.5) is 0 Å². The maximum atomic E-state index is 4.94. The van der Waals surface area contributed by atoms with Crippen molar-refractivity contribution in [2.24, 2.45) is 0 Å². The number of unbranched alkanes of at least 4 members (excludes halogenated alkanes) is 5. The molecule has 0 atom stereocenters.